The lowest BCUT2D eigenvalue weighted by molar-refractivity contribution is 0.269. The summed E-state index contributed by atoms with van der Waals surface area (Å²) in [6.45, 7) is 5.30. The number of hydrogen-bond donors (Lipinski definition) is 1. The van der Waals surface area contributed by atoms with Crippen LogP contribution in [0.2, 0.25) is 5.02 Å². The van der Waals surface area contributed by atoms with Gasteiger partial charge in [-0.15, -0.1) is 11.3 Å². The molecule has 0 atom stereocenters. The summed E-state index contributed by atoms with van der Waals surface area (Å²) in [5, 5.41) is 4.82. The van der Waals surface area contributed by atoms with E-state index in [0.717, 1.165) is 31.8 Å². The van der Waals surface area contributed by atoms with E-state index >= 15 is 0 Å². The number of hydrogen-bond acceptors (Lipinski definition) is 5. The minimum Gasteiger partial charge on any atom is -0.490 e. The first-order valence-corrected chi connectivity index (χ1v) is 14.1. The number of ether oxygens (including phenoxy) is 2. The Labute approximate surface area is 238 Å². The average Bonchev–Trinajstić information content (AvgIpc) is 3.32. The highest BCUT2D eigenvalue weighted by molar-refractivity contribution is 9.10. The monoisotopic (exact) mass is 610 g/mol. The molecule has 0 saturated carbocycles. The topological polar surface area (TPSA) is 43.4 Å². The van der Waals surface area contributed by atoms with Gasteiger partial charge in [0.2, 0.25) is 0 Å². The van der Waals surface area contributed by atoms with Crippen molar-refractivity contribution < 1.29 is 13.9 Å². The van der Waals surface area contributed by atoms with Crippen molar-refractivity contribution in [1.82, 2.24) is 4.98 Å². The highest BCUT2D eigenvalue weighted by Gasteiger charge is 2.13. The van der Waals surface area contributed by atoms with E-state index in [1.54, 1.807) is 17.4 Å². The first kappa shape index (κ1) is 26.5. The number of rotatable bonds is 9. The van der Waals surface area contributed by atoms with Gasteiger partial charge in [-0.05, 0) is 85.6 Å². The standard InChI is InChI=1S/C30H25BrClFN2O2S/c1-3-36-27-13-21(24(31)15-28(27)37-17-20-5-8-22(33)14-25(20)32)16-34-23-9-6-19(7-10-23)30-35-26-11-4-18(2)12-29(26)38-30/h4-15,34H,3,16-17H2,1-2H3. The number of aryl methyl sites for hydroxylation is 1. The van der Waals surface area contributed by atoms with E-state index in [1.165, 1.54) is 22.4 Å². The van der Waals surface area contributed by atoms with Gasteiger partial charge in [0.25, 0.3) is 0 Å². The number of nitrogens with zero attached hydrogens (tertiary/aromatic N) is 1. The second-order valence-corrected chi connectivity index (χ2v) is 11.1. The Bertz CT molecular complexity index is 1590. The Balaban J connectivity index is 1.27. The lowest BCUT2D eigenvalue weighted by Crippen LogP contribution is -2.04. The highest BCUT2D eigenvalue weighted by Crippen LogP contribution is 2.36. The zero-order valence-corrected chi connectivity index (χ0v) is 24.0. The van der Waals surface area contributed by atoms with Gasteiger partial charge in [0.05, 0.1) is 21.8 Å². The minimum atomic E-state index is -0.380. The number of aromatic nitrogens is 1. The van der Waals surface area contributed by atoms with Crippen molar-refractivity contribution in [3.8, 4) is 22.1 Å². The van der Waals surface area contributed by atoms with Crippen LogP contribution in [0.5, 0.6) is 11.5 Å². The second kappa shape index (κ2) is 11.7. The Morgan fingerprint density at radius 1 is 0.947 bits per heavy atom. The molecule has 194 valence electrons. The van der Waals surface area contributed by atoms with Gasteiger partial charge in [-0.2, -0.15) is 0 Å². The van der Waals surface area contributed by atoms with Crippen LogP contribution in [0.25, 0.3) is 20.8 Å². The van der Waals surface area contributed by atoms with Crippen molar-refractivity contribution in [2.75, 3.05) is 11.9 Å². The molecule has 1 aromatic heterocycles. The molecule has 38 heavy (non-hydrogen) atoms. The normalized spacial score (nSPS) is 11.1. The van der Waals surface area contributed by atoms with Crippen LogP contribution >= 0.6 is 38.9 Å². The van der Waals surface area contributed by atoms with Crippen LogP contribution in [-0.2, 0) is 13.2 Å². The Hall–Kier alpha value is -3.13. The third kappa shape index (κ3) is 6.12. The molecule has 0 saturated heterocycles. The quantitative estimate of drug-likeness (QED) is 0.180. The summed E-state index contributed by atoms with van der Waals surface area (Å²) in [6.07, 6.45) is 0. The molecule has 1 N–H and O–H groups in total. The van der Waals surface area contributed by atoms with E-state index in [0.29, 0.717) is 35.2 Å². The summed E-state index contributed by atoms with van der Waals surface area (Å²) in [7, 11) is 0. The van der Waals surface area contributed by atoms with Crippen LogP contribution in [-0.4, -0.2) is 11.6 Å². The number of nitrogens with one attached hydrogen (secondary N) is 1. The zero-order chi connectivity index (χ0) is 26.6. The summed E-state index contributed by atoms with van der Waals surface area (Å²) in [5.74, 6) is 0.834. The van der Waals surface area contributed by atoms with Crippen molar-refractivity contribution in [2.24, 2.45) is 0 Å². The Morgan fingerprint density at radius 3 is 2.50 bits per heavy atom. The fourth-order valence-corrected chi connectivity index (χ4v) is 5.72. The minimum absolute atomic E-state index is 0.198. The van der Waals surface area contributed by atoms with E-state index < -0.39 is 0 Å². The molecular formula is C30H25BrClFN2O2S. The second-order valence-electron chi connectivity index (χ2n) is 8.77. The van der Waals surface area contributed by atoms with Crippen LogP contribution < -0.4 is 14.8 Å². The molecule has 0 bridgehead atoms. The number of fused-ring (bicyclic) bond motifs is 1. The molecule has 0 radical (unpaired) electrons. The van der Waals surface area contributed by atoms with E-state index in [9.17, 15) is 4.39 Å². The maximum Gasteiger partial charge on any atom is 0.162 e. The Kier molecular flexibility index (Phi) is 8.17. The fourth-order valence-electron chi connectivity index (χ4n) is 3.97. The maximum atomic E-state index is 13.4. The lowest BCUT2D eigenvalue weighted by Gasteiger charge is -2.16. The zero-order valence-electron chi connectivity index (χ0n) is 20.9. The van der Waals surface area contributed by atoms with Crippen LogP contribution in [0.15, 0.2) is 77.3 Å². The van der Waals surface area contributed by atoms with Gasteiger partial charge < -0.3 is 14.8 Å². The van der Waals surface area contributed by atoms with E-state index in [4.69, 9.17) is 26.1 Å². The third-order valence-corrected chi connectivity index (χ3v) is 8.13. The van der Waals surface area contributed by atoms with E-state index in [-0.39, 0.29) is 12.4 Å². The van der Waals surface area contributed by atoms with Crippen molar-refractivity contribution >= 4 is 54.8 Å². The molecule has 5 rings (SSSR count). The molecule has 1 heterocycles. The number of anilines is 1. The number of halogens is 3. The third-order valence-electron chi connectivity index (χ3n) is 5.97. The molecule has 0 unspecified atom stereocenters. The molecule has 0 spiro atoms. The van der Waals surface area contributed by atoms with Gasteiger partial charge >= 0.3 is 0 Å². The van der Waals surface area contributed by atoms with Crippen molar-refractivity contribution in [3.63, 3.8) is 0 Å². The molecule has 5 aromatic rings. The first-order chi connectivity index (χ1) is 18.4. The molecule has 4 nitrogen and oxygen atoms in total. The summed E-state index contributed by atoms with van der Waals surface area (Å²) in [5.41, 5.74) is 6.08. The van der Waals surface area contributed by atoms with Crippen LogP contribution in [0, 0.1) is 12.7 Å². The summed E-state index contributed by atoms with van der Waals surface area (Å²) >= 11 is 11.5. The molecule has 0 aliphatic carbocycles. The molecule has 0 fully saturated rings. The Morgan fingerprint density at radius 2 is 1.74 bits per heavy atom. The molecular weight excluding hydrogens is 587 g/mol. The molecule has 0 aliphatic rings. The smallest absolute Gasteiger partial charge is 0.162 e. The predicted molar refractivity (Wildman–Crippen MR) is 158 cm³/mol. The summed E-state index contributed by atoms with van der Waals surface area (Å²) < 4.78 is 27.3. The first-order valence-electron chi connectivity index (χ1n) is 12.1. The summed E-state index contributed by atoms with van der Waals surface area (Å²) in [6, 6.07) is 22.8. The molecule has 0 aliphatic heterocycles. The highest BCUT2D eigenvalue weighted by atomic mass is 79.9. The predicted octanol–water partition coefficient (Wildman–Crippen LogP) is 9.42. The van der Waals surface area contributed by atoms with Gasteiger partial charge in [-0.1, -0.05) is 39.7 Å². The van der Waals surface area contributed by atoms with Gasteiger partial charge in [-0.25, -0.2) is 9.37 Å². The number of benzene rings is 4. The van der Waals surface area contributed by atoms with Gasteiger partial charge in [0.1, 0.15) is 17.4 Å². The van der Waals surface area contributed by atoms with Gasteiger partial charge in [-0.3, -0.25) is 0 Å². The van der Waals surface area contributed by atoms with Gasteiger partial charge in [0, 0.05) is 27.8 Å². The van der Waals surface area contributed by atoms with Crippen LogP contribution in [0.4, 0.5) is 10.1 Å². The van der Waals surface area contributed by atoms with Crippen LogP contribution in [0.1, 0.15) is 23.6 Å². The van der Waals surface area contributed by atoms with E-state index in [2.05, 4.69) is 70.6 Å². The molecule has 8 heteroatoms. The molecule has 4 aromatic carbocycles. The lowest BCUT2D eigenvalue weighted by atomic mass is 10.1. The fraction of sp³-hybridized carbons (Fsp3) is 0.167. The van der Waals surface area contributed by atoms with E-state index in [1.807, 2.05) is 19.1 Å². The van der Waals surface area contributed by atoms with Crippen molar-refractivity contribution in [3.05, 3.63) is 105 Å². The number of thiazole rings is 1. The van der Waals surface area contributed by atoms with Crippen molar-refractivity contribution in [2.45, 2.75) is 27.0 Å². The molecule has 0 amide bonds. The SMILES string of the molecule is CCOc1cc(CNc2ccc(-c3nc4ccc(C)cc4s3)cc2)c(Br)cc1OCc1ccc(F)cc1Cl. The van der Waals surface area contributed by atoms with Crippen LogP contribution in [0.3, 0.4) is 0 Å². The average molecular weight is 612 g/mol. The summed E-state index contributed by atoms with van der Waals surface area (Å²) in [4.78, 5) is 4.78. The van der Waals surface area contributed by atoms with Crippen molar-refractivity contribution in [1.29, 1.82) is 0 Å². The maximum absolute atomic E-state index is 13.4. The van der Waals surface area contributed by atoms with Gasteiger partial charge in [0.15, 0.2) is 11.5 Å². The largest absolute Gasteiger partial charge is 0.490 e.